The first-order valence-corrected chi connectivity index (χ1v) is 12.9. The maximum Gasteiger partial charge on any atom is 0.328 e. The summed E-state index contributed by atoms with van der Waals surface area (Å²) < 4.78 is 5.11. The van der Waals surface area contributed by atoms with Crippen LogP contribution in [0.4, 0.5) is 0 Å². The lowest BCUT2D eigenvalue weighted by atomic mass is 9.85. The molecule has 0 aliphatic heterocycles. The molecule has 1 fully saturated rings. The van der Waals surface area contributed by atoms with Crippen LogP contribution in [0.5, 0.6) is 5.75 Å². The number of ether oxygens (including phenoxy) is 1. The first kappa shape index (κ1) is 26.6. The van der Waals surface area contributed by atoms with E-state index in [0.717, 1.165) is 17.7 Å². The fourth-order valence-electron chi connectivity index (χ4n) is 4.21. The van der Waals surface area contributed by atoms with Crippen LogP contribution in [0, 0.1) is 5.92 Å². The molecule has 1 aromatic heterocycles. The van der Waals surface area contributed by atoms with Crippen molar-refractivity contribution >= 4 is 29.4 Å². The highest BCUT2D eigenvalue weighted by Crippen LogP contribution is 2.27. The summed E-state index contributed by atoms with van der Waals surface area (Å²) in [6.07, 6.45) is 7.17. The molecule has 1 atom stereocenters. The molecule has 188 valence electrons. The molecule has 1 aliphatic rings. The summed E-state index contributed by atoms with van der Waals surface area (Å²) >= 11 is 1.20. The lowest BCUT2D eigenvalue weighted by Gasteiger charge is -2.22. The number of nitrogens with two attached hydrogens (primary N) is 2. The lowest BCUT2D eigenvalue weighted by Crippen LogP contribution is -2.37. The number of primary amides is 1. The summed E-state index contributed by atoms with van der Waals surface area (Å²) in [6.45, 7) is 1.96. The van der Waals surface area contributed by atoms with Gasteiger partial charge in [-0.25, -0.2) is 9.78 Å². The van der Waals surface area contributed by atoms with Gasteiger partial charge in [-0.3, -0.25) is 14.4 Å². The van der Waals surface area contributed by atoms with E-state index in [1.165, 1.54) is 68.1 Å². The Bertz CT molecular complexity index is 1110. The van der Waals surface area contributed by atoms with Gasteiger partial charge in [0.15, 0.2) is 10.9 Å². The van der Waals surface area contributed by atoms with Crippen molar-refractivity contribution in [3.63, 3.8) is 0 Å². The second-order valence-corrected chi connectivity index (χ2v) is 9.76. The van der Waals surface area contributed by atoms with E-state index < -0.39 is 17.9 Å². The average Bonchev–Trinajstić information content (AvgIpc) is 2.83. The Morgan fingerprint density at radius 1 is 1.17 bits per heavy atom. The standard InChI is InChI=1S/C25H32N4O5S/c1-2-18-20(12-15-6-4-3-5-7-15)28-25(29-23(18)32)35-14-21(30)16-8-10-17(11-9-16)34-24(33)19(26)13-22(27)31/h8-11,15,19H,2-7,12-14,26H2,1H3,(H2,27,31)(H,28,29,32). The zero-order chi connectivity index (χ0) is 25.4. The number of hydrogen-bond acceptors (Lipinski definition) is 8. The largest absolute Gasteiger partial charge is 0.425 e. The Labute approximate surface area is 208 Å². The molecule has 0 spiro atoms. The van der Waals surface area contributed by atoms with Crippen LogP contribution in [0.1, 0.15) is 67.1 Å². The minimum absolute atomic E-state index is 0.0971. The Balaban J connectivity index is 1.61. The fraction of sp³-hybridized carbons (Fsp3) is 0.480. The summed E-state index contributed by atoms with van der Waals surface area (Å²) in [6, 6.07) is 4.88. The van der Waals surface area contributed by atoms with Gasteiger partial charge in [-0.15, -0.1) is 0 Å². The molecule has 10 heteroatoms. The van der Waals surface area contributed by atoms with Gasteiger partial charge in [-0.2, -0.15) is 0 Å². The summed E-state index contributed by atoms with van der Waals surface area (Å²) in [7, 11) is 0. The van der Waals surface area contributed by atoms with E-state index in [9.17, 15) is 19.2 Å². The first-order chi connectivity index (χ1) is 16.8. The van der Waals surface area contributed by atoms with Gasteiger partial charge < -0.3 is 21.2 Å². The number of rotatable bonds is 11. The number of esters is 1. The van der Waals surface area contributed by atoms with Crippen LogP contribution in [-0.4, -0.2) is 39.4 Å². The van der Waals surface area contributed by atoms with E-state index in [4.69, 9.17) is 21.2 Å². The third-order valence-corrected chi connectivity index (χ3v) is 6.97. The molecule has 0 bridgehead atoms. The molecule has 1 aromatic carbocycles. The van der Waals surface area contributed by atoms with Crippen LogP contribution in [0.15, 0.2) is 34.2 Å². The van der Waals surface area contributed by atoms with E-state index in [0.29, 0.717) is 23.1 Å². The molecule has 1 heterocycles. The normalized spacial score (nSPS) is 14.9. The Hall–Kier alpha value is -2.98. The van der Waals surface area contributed by atoms with Crippen LogP contribution >= 0.6 is 11.8 Å². The molecule has 0 saturated heterocycles. The van der Waals surface area contributed by atoms with Crippen molar-refractivity contribution in [1.82, 2.24) is 9.97 Å². The smallest absolute Gasteiger partial charge is 0.328 e. The van der Waals surface area contributed by atoms with E-state index in [1.54, 1.807) is 0 Å². The van der Waals surface area contributed by atoms with Gasteiger partial charge in [0.25, 0.3) is 5.56 Å². The number of nitrogens with zero attached hydrogens (tertiary/aromatic N) is 1. The number of hydrogen-bond donors (Lipinski definition) is 3. The second-order valence-electron chi connectivity index (χ2n) is 8.79. The SMILES string of the molecule is CCc1c(CC2CCCCC2)nc(SCC(=O)c2ccc(OC(=O)C(N)CC(N)=O)cc2)[nH]c1=O. The van der Waals surface area contributed by atoms with Gasteiger partial charge in [0, 0.05) is 11.1 Å². The molecule has 1 unspecified atom stereocenters. The number of H-pyrrole nitrogens is 1. The number of carbonyl (C=O) groups excluding carboxylic acids is 3. The van der Waals surface area contributed by atoms with Gasteiger partial charge in [0.1, 0.15) is 11.8 Å². The predicted octanol–water partition coefficient (Wildman–Crippen LogP) is 2.54. The minimum atomic E-state index is -1.15. The van der Waals surface area contributed by atoms with Crippen molar-refractivity contribution in [2.45, 2.75) is 69.5 Å². The highest BCUT2D eigenvalue weighted by Gasteiger charge is 2.20. The topological polar surface area (TPSA) is 158 Å². The van der Waals surface area contributed by atoms with E-state index in [1.807, 2.05) is 6.92 Å². The fourth-order valence-corrected chi connectivity index (χ4v) is 4.98. The number of thioether (sulfide) groups is 1. The summed E-state index contributed by atoms with van der Waals surface area (Å²) in [5.74, 6) is -0.787. The van der Waals surface area contributed by atoms with E-state index in [-0.39, 0.29) is 29.3 Å². The van der Waals surface area contributed by atoms with Crippen LogP contribution in [0.2, 0.25) is 0 Å². The van der Waals surface area contributed by atoms with Gasteiger partial charge in [-0.1, -0.05) is 50.8 Å². The maximum atomic E-state index is 12.7. The maximum absolute atomic E-state index is 12.7. The van der Waals surface area contributed by atoms with Crippen LogP contribution in [0.3, 0.4) is 0 Å². The third kappa shape index (κ3) is 7.76. The number of aromatic nitrogens is 2. The first-order valence-electron chi connectivity index (χ1n) is 11.9. The monoisotopic (exact) mass is 500 g/mol. The number of ketones is 1. The summed E-state index contributed by atoms with van der Waals surface area (Å²) in [5, 5.41) is 0.445. The number of amides is 1. The van der Waals surface area contributed by atoms with Crippen molar-refractivity contribution in [2.24, 2.45) is 17.4 Å². The van der Waals surface area contributed by atoms with E-state index in [2.05, 4.69) is 4.98 Å². The minimum Gasteiger partial charge on any atom is -0.425 e. The molecule has 2 aromatic rings. The Morgan fingerprint density at radius 2 is 1.86 bits per heavy atom. The summed E-state index contributed by atoms with van der Waals surface area (Å²) in [4.78, 5) is 55.6. The van der Waals surface area contributed by atoms with Gasteiger partial charge >= 0.3 is 5.97 Å². The van der Waals surface area contributed by atoms with Crippen molar-refractivity contribution in [1.29, 1.82) is 0 Å². The molecule has 9 nitrogen and oxygen atoms in total. The zero-order valence-corrected chi connectivity index (χ0v) is 20.7. The van der Waals surface area contributed by atoms with Gasteiger partial charge in [-0.05, 0) is 43.0 Å². The third-order valence-electron chi connectivity index (χ3n) is 6.10. The quantitative estimate of drug-likeness (QED) is 0.140. The van der Waals surface area contributed by atoms with Crippen molar-refractivity contribution in [3.05, 3.63) is 51.4 Å². The molecule has 0 radical (unpaired) electrons. The average molecular weight is 501 g/mol. The number of nitrogens with one attached hydrogen (secondary N) is 1. The van der Waals surface area contributed by atoms with Crippen molar-refractivity contribution in [2.75, 3.05) is 5.75 Å². The molecule has 5 N–H and O–H groups in total. The Kier molecular flexibility index (Phi) is 9.62. The van der Waals surface area contributed by atoms with Crippen LogP contribution in [0.25, 0.3) is 0 Å². The van der Waals surface area contributed by atoms with Crippen LogP contribution < -0.4 is 21.8 Å². The summed E-state index contributed by atoms with van der Waals surface area (Å²) in [5.41, 5.74) is 12.5. The lowest BCUT2D eigenvalue weighted by molar-refractivity contribution is -0.137. The highest BCUT2D eigenvalue weighted by molar-refractivity contribution is 7.99. The molecular formula is C25H32N4O5S. The van der Waals surface area contributed by atoms with Crippen molar-refractivity contribution in [3.8, 4) is 5.75 Å². The highest BCUT2D eigenvalue weighted by atomic mass is 32.2. The molecular weight excluding hydrogens is 468 g/mol. The zero-order valence-electron chi connectivity index (χ0n) is 19.9. The second kappa shape index (κ2) is 12.6. The predicted molar refractivity (Wildman–Crippen MR) is 133 cm³/mol. The van der Waals surface area contributed by atoms with Crippen molar-refractivity contribution < 1.29 is 19.1 Å². The van der Waals surface area contributed by atoms with Gasteiger partial charge in [0.05, 0.1) is 17.9 Å². The molecule has 35 heavy (non-hydrogen) atoms. The number of Topliss-reactive ketones (excluding diaryl/α,β-unsaturated/α-hetero) is 1. The number of benzene rings is 1. The van der Waals surface area contributed by atoms with Gasteiger partial charge in [0.2, 0.25) is 5.91 Å². The molecule has 1 amide bonds. The molecule has 3 rings (SSSR count). The number of aromatic amines is 1. The van der Waals surface area contributed by atoms with Crippen LogP contribution in [-0.2, 0) is 22.4 Å². The van der Waals surface area contributed by atoms with E-state index >= 15 is 0 Å². The molecule has 1 aliphatic carbocycles. The molecule has 1 saturated carbocycles. The number of carbonyl (C=O) groups is 3. The Morgan fingerprint density at radius 3 is 2.49 bits per heavy atom.